The third-order valence-corrected chi connectivity index (χ3v) is 12.1. The molecule has 0 atom stereocenters. The normalized spacial score (nSPS) is 11.8. The minimum Gasteiger partial charge on any atom is -0.310 e. The summed E-state index contributed by atoms with van der Waals surface area (Å²) in [7, 11) is 0. The van der Waals surface area contributed by atoms with E-state index in [1.165, 1.54) is 87.1 Å². The fourth-order valence-corrected chi connectivity index (χ4v) is 9.35. The summed E-state index contributed by atoms with van der Waals surface area (Å²) in [6, 6.07) is 79.9. The van der Waals surface area contributed by atoms with Crippen LogP contribution in [0.15, 0.2) is 218 Å². The van der Waals surface area contributed by atoms with E-state index in [2.05, 4.69) is 228 Å². The van der Waals surface area contributed by atoms with Gasteiger partial charge < -0.3 is 9.47 Å². The first-order chi connectivity index (χ1) is 28.7. The van der Waals surface area contributed by atoms with Gasteiger partial charge in [0.15, 0.2) is 0 Å². The van der Waals surface area contributed by atoms with Crippen LogP contribution in [0.2, 0.25) is 0 Å². The summed E-state index contributed by atoms with van der Waals surface area (Å²) in [4.78, 5) is 2.36. The third-order valence-electron chi connectivity index (χ3n) is 12.1. The van der Waals surface area contributed by atoms with Gasteiger partial charge >= 0.3 is 0 Å². The van der Waals surface area contributed by atoms with E-state index in [-0.39, 0.29) is 0 Å². The number of hydrogen-bond acceptors (Lipinski definition) is 1. The maximum absolute atomic E-state index is 2.46. The van der Waals surface area contributed by atoms with Crippen LogP contribution in [0.1, 0.15) is 0 Å². The van der Waals surface area contributed by atoms with Crippen LogP contribution in [0.5, 0.6) is 0 Å². The predicted molar refractivity (Wildman–Crippen MR) is 248 cm³/mol. The van der Waals surface area contributed by atoms with Crippen molar-refractivity contribution in [3.05, 3.63) is 218 Å². The van der Waals surface area contributed by atoms with Gasteiger partial charge in [-0.1, -0.05) is 158 Å². The van der Waals surface area contributed by atoms with Gasteiger partial charge in [0.25, 0.3) is 0 Å². The lowest BCUT2D eigenvalue weighted by Crippen LogP contribution is -2.09. The lowest BCUT2D eigenvalue weighted by atomic mass is 9.92. The molecule has 0 unspecified atom stereocenters. The molecule has 0 amide bonds. The molecule has 0 aliphatic rings. The number of hydrogen-bond donors (Lipinski definition) is 0. The summed E-state index contributed by atoms with van der Waals surface area (Å²) in [6.07, 6.45) is 0. The Hall–Kier alpha value is -7.68. The molecule has 270 valence electrons. The van der Waals surface area contributed by atoms with Crippen LogP contribution in [0.25, 0.3) is 92.8 Å². The Kier molecular flexibility index (Phi) is 7.26. The average molecular weight is 737 g/mol. The van der Waals surface area contributed by atoms with Crippen molar-refractivity contribution in [2.24, 2.45) is 0 Å². The van der Waals surface area contributed by atoms with Crippen LogP contribution < -0.4 is 4.90 Å². The summed E-state index contributed by atoms with van der Waals surface area (Å²) < 4.78 is 2.46. The molecular weight excluding hydrogens is 701 g/mol. The number of aromatic nitrogens is 1. The smallest absolute Gasteiger partial charge is 0.0553 e. The van der Waals surface area contributed by atoms with E-state index in [0.717, 1.165) is 22.7 Å². The van der Waals surface area contributed by atoms with Crippen LogP contribution >= 0.6 is 0 Å². The summed E-state index contributed by atoms with van der Waals surface area (Å²) >= 11 is 0. The molecule has 0 radical (unpaired) electrons. The maximum Gasteiger partial charge on any atom is 0.0553 e. The first kappa shape index (κ1) is 32.6. The molecular formula is C56H36N2. The number of benzene rings is 11. The second-order valence-electron chi connectivity index (χ2n) is 15.4. The lowest BCUT2D eigenvalue weighted by Gasteiger charge is -2.26. The van der Waals surface area contributed by atoms with Gasteiger partial charge in [-0.15, -0.1) is 0 Å². The molecule has 2 heteroatoms. The average Bonchev–Trinajstić information content (AvgIpc) is 3.62. The van der Waals surface area contributed by atoms with Crippen LogP contribution in [-0.4, -0.2) is 4.57 Å². The summed E-state index contributed by atoms with van der Waals surface area (Å²) in [5.41, 5.74) is 11.7. The highest BCUT2D eigenvalue weighted by atomic mass is 15.1. The Labute approximate surface area is 336 Å². The number of fused-ring (bicyclic) bond motifs is 5. The molecule has 0 bridgehead atoms. The summed E-state index contributed by atoms with van der Waals surface area (Å²) in [5, 5.41) is 12.9. The van der Waals surface area contributed by atoms with Crippen LogP contribution in [0.4, 0.5) is 17.1 Å². The van der Waals surface area contributed by atoms with Gasteiger partial charge in [0.1, 0.15) is 0 Å². The highest BCUT2D eigenvalue weighted by Gasteiger charge is 2.20. The first-order valence-corrected chi connectivity index (χ1v) is 20.0. The zero-order valence-corrected chi connectivity index (χ0v) is 31.7. The van der Waals surface area contributed by atoms with Gasteiger partial charge in [-0.3, -0.25) is 0 Å². The molecule has 0 spiro atoms. The SMILES string of the molecule is c1ccc(-c2ccc(N(c3ccc(-c4ccc5c6c7ccc8cccc9ccc(cc6n(-c6ccccc6)c5c4)c7c98)cc3)c3ccc4ccccc4c3)cc2)cc1. The van der Waals surface area contributed by atoms with E-state index < -0.39 is 0 Å². The highest BCUT2D eigenvalue weighted by Crippen LogP contribution is 2.44. The Bertz CT molecular complexity index is 3460. The van der Waals surface area contributed by atoms with E-state index in [1.807, 2.05) is 0 Å². The number of nitrogens with zero attached hydrogens (tertiary/aromatic N) is 2. The molecule has 0 saturated carbocycles. The van der Waals surface area contributed by atoms with Crippen molar-refractivity contribution in [2.45, 2.75) is 0 Å². The Morgan fingerprint density at radius 3 is 1.55 bits per heavy atom. The van der Waals surface area contributed by atoms with Crippen LogP contribution in [-0.2, 0) is 0 Å². The molecule has 1 aromatic heterocycles. The molecule has 12 rings (SSSR count). The molecule has 2 nitrogen and oxygen atoms in total. The number of para-hydroxylation sites is 1. The van der Waals surface area contributed by atoms with Gasteiger partial charge in [-0.25, -0.2) is 0 Å². The van der Waals surface area contributed by atoms with Crippen LogP contribution in [0, 0.1) is 0 Å². The van der Waals surface area contributed by atoms with Crippen molar-refractivity contribution in [3.8, 4) is 27.9 Å². The Balaban J connectivity index is 1.01. The van der Waals surface area contributed by atoms with Crippen LogP contribution in [0.3, 0.4) is 0 Å². The standard InChI is InChI=1S/C56H36N2/c1-3-10-37(11-4-1)39-20-27-47(28-21-39)57(49-31-24-38-12-7-8-13-43(38)34-49)48-29-22-40(23-30-48)44-26-32-50-52(35-44)58(46-16-5-2-6-17-46)53-36-45-19-18-41-14-9-15-42-25-33-51(56(50)53)55(45)54(41)42/h1-36H. The van der Waals surface area contributed by atoms with E-state index in [1.54, 1.807) is 0 Å². The van der Waals surface area contributed by atoms with E-state index in [4.69, 9.17) is 0 Å². The van der Waals surface area contributed by atoms with Crippen molar-refractivity contribution in [1.82, 2.24) is 4.57 Å². The van der Waals surface area contributed by atoms with Gasteiger partial charge in [-0.05, 0) is 126 Å². The molecule has 0 fully saturated rings. The molecule has 58 heavy (non-hydrogen) atoms. The largest absolute Gasteiger partial charge is 0.310 e. The van der Waals surface area contributed by atoms with Gasteiger partial charge in [-0.2, -0.15) is 0 Å². The predicted octanol–water partition coefficient (Wildman–Crippen LogP) is 15.6. The van der Waals surface area contributed by atoms with Gasteiger partial charge in [0.05, 0.1) is 11.0 Å². The molecule has 12 aromatic rings. The van der Waals surface area contributed by atoms with Crippen molar-refractivity contribution >= 4 is 82.0 Å². The fourth-order valence-electron chi connectivity index (χ4n) is 9.35. The maximum atomic E-state index is 2.46. The second kappa shape index (κ2) is 12.9. The van der Waals surface area contributed by atoms with E-state index in [0.29, 0.717) is 0 Å². The quantitative estimate of drug-likeness (QED) is 0.154. The molecule has 0 aliphatic heterocycles. The Morgan fingerprint density at radius 2 is 0.810 bits per heavy atom. The molecule has 0 aliphatic carbocycles. The minimum absolute atomic E-state index is 1.11. The topological polar surface area (TPSA) is 8.17 Å². The van der Waals surface area contributed by atoms with E-state index >= 15 is 0 Å². The van der Waals surface area contributed by atoms with Crippen molar-refractivity contribution in [3.63, 3.8) is 0 Å². The third kappa shape index (κ3) is 5.12. The molecule has 0 N–H and O–H groups in total. The molecule has 0 saturated heterocycles. The summed E-state index contributed by atoms with van der Waals surface area (Å²) in [6.45, 7) is 0. The zero-order valence-electron chi connectivity index (χ0n) is 31.7. The molecule has 1 heterocycles. The number of anilines is 3. The van der Waals surface area contributed by atoms with Crippen molar-refractivity contribution in [1.29, 1.82) is 0 Å². The van der Waals surface area contributed by atoms with Crippen molar-refractivity contribution < 1.29 is 0 Å². The lowest BCUT2D eigenvalue weighted by molar-refractivity contribution is 1.18. The second-order valence-corrected chi connectivity index (χ2v) is 15.4. The van der Waals surface area contributed by atoms with Crippen molar-refractivity contribution in [2.75, 3.05) is 4.90 Å². The summed E-state index contributed by atoms with van der Waals surface area (Å²) in [5.74, 6) is 0. The first-order valence-electron chi connectivity index (χ1n) is 20.0. The Morgan fingerprint density at radius 1 is 0.276 bits per heavy atom. The monoisotopic (exact) mass is 736 g/mol. The zero-order chi connectivity index (χ0) is 38.2. The van der Waals surface area contributed by atoms with Gasteiger partial charge in [0.2, 0.25) is 0 Å². The van der Waals surface area contributed by atoms with E-state index in [9.17, 15) is 0 Å². The minimum atomic E-state index is 1.11. The number of rotatable bonds is 6. The fraction of sp³-hybridized carbons (Fsp3) is 0. The molecule has 11 aromatic carbocycles. The van der Waals surface area contributed by atoms with Gasteiger partial charge in [0, 0.05) is 33.5 Å². The highest BCUT2D eigenvalue weighted by molar-refractivity contribution is 6.33.